The molecule has 132 valence electrons. The predicted molar refractivity (Wildman–Crippen MR) is 98.7 cm³/mol. The minimum Gasteiger partial charge on any atom is -0.444 e. The normalized spacial score (nSPS) is 19.1. The van der Waals surface area contributed by atoms with E-state index in [1.54, 1.807) is 6.20 Å². The molecule has 0 saturated carbocycles. The minimum atomic E-state index is -0.0479. The number of halogens is 2. The van der Waals surface area contributed by atoms with Crippen LogP contribution in [0.5, 0.6) is 0 Å². The number of aromatic nitrogens is 1. The van der Waals surface area contributed by atoms with E-state index < -0.39 is 0 Å². The Morgan fingerprint density at radius 2 is 1.96 bits per heavy atom. The van der Waals surface area contributed by atoms with Crippen molar-refractivity contribution in [1.82, 2.24) is 9.88 Å². The molecule has 0 aliphatic carbocycles. The molecular formula is C17H23Cl2N3O2. The molecular weight excluding hydrogens is 349 g/mol. The molecule has 7 heteroatoms. The maximum atomic E-state index is 12.6. The molecule has 1 amide bonds. The van der Waals surface area contributed by atoms with Gasteiger partial charge in [0.2, 0.25) is 0 Å². The van der Waals surface area contributed by atoms with Crippen LogP contribution in [0.1, 0.15) is 30.6 Å². The fourth-order valence-electron chi connectivity index (χ4n) is 2.87. The van der Waals surface area contributed by atoms with Gasteiger partial charge < -0.3 is 15.1 Å². The third-order valence-electron chi connectivity index (χ3n) is 4.45. The van der Waals surface area contributed by atoms with Crippen LogP contribution >= 0.6 is 24.8 Å². The van der Waals surface area contributed by atoms with Crippen molar-refractivity contribution in [3.05, 3.63) is 42.4 Å². The summed E-state index contributed by atoms with van der Waals surface area (Å²) in [5.74, 6) is 0.758. The third-order valence-corrected chi connectivity index (χ3v) is 4.45. The number of rotatable bonds is 2. The molecule has 1 aromatic carbocycles. The summed E-state index contributed by atoms with van der Waals surface area (Å²) in [5, 5.41) is 0. The summed E-state index contributed by atoms with van der Waals surface area (Å²) in [6.45, 7) is 5.64. The Morgan fingerprint density at radius 1 is 1.29 bits per heavy atom. The van der Waals surface area contributed by atoms with Gasteiger partial charge in [0.15, 0.2) is 12.2 Å². The minimum absolute atomic E-state index is 0. The number of hydrogen-bond acceptors (Lipinski definition) is 4. The molecule has 1 fully saturated rings. The molecule has 5 nitrogen and oxygen atoms in total. The quantitative estimate of drug-likeness (QED) is 0.877. The summed E-state index contributed by atoms with van der Waals surface area (Å²) in [5.41, 5.74) is 7.69. The molecule has 2 heterocycles. The second kappa shape index (κ2) is 8.01. The highest BCUT2D eigenvalue weighted by molar-refractivity contribution is 5.94. The molecule has 24 heavy (non-hydrogen) atoms. The SMILES string of the molecule is CC1(C)CN(C(=O)c2ccc(-c3cnco3)cc2)CCC1N.Cl.Cl. The predicted octanol–water partition coefficient (Wildman–Crippen LogP) is 3.38. The first kappa shape index (κ1) is 20.5. The number of amides is 1. The van der Waals surface area contributed by atoms with Crippen LogP contribution in [0.15, 0.2) is 41.3 Å². The van der Waals surface area contributed by atoms with Crippen LogP contribution in [0.2, 0.25) is 0 Å². The zero-order valence-corrected chi connectivity index (χ0v) is 15.4. The van der Waals surface area contributed by atoms with Crippen molar-refractivity contribution in [3.63, 3.8) is 0 Å². The summed E-state index contributed by atoms with van der Waals surface area (Å²) in [7, 11) is 0. The van der Waals surface area contributed by atoms with Gasteiger partial charge in [0.1, 0.15) is 0 Å². The largest absolute Gasteiger partial charge is 0.444 e. The molecule has 2 N–H and O–H groups in total. The van der Waals surface area contributed by atoms with Gasteiger partial charge >= 0.3 is 0 Å². The van der Waals surface area contributed by atoms with Crippen LogP contribution in [-0.2, 0) is 0 Å². The Morgan fingerprint density at radius 3 is 2.50 bits per heavy atom. The summed E-state index contributed by atoms with van der Waals surface area (Å²) in [6, 6.07) is 7.58. The first-order valence-electron chi connectivity index (χ1n) is 7.51. The van der Waals surface area contributed by atoms with Crippen molar-refractivity contribution in [2.75, 3.05) is 13.1 Å². The van der Waals surface area contributed by atoms with E-state index in [1.165, 1.54) is 6.39 Å². The first-order valence-corrected chi connectivity index (χ1v) is 7.51. The van der Waals surface area contributed by atoms with Crippen LogP contribution in [0, 0.1) is 5.41 Å². The van der Waals surface area contributed by atoms with Gasteiger partial charge in [-0.1, -0.05) is 26.0 Å². The number of carbonyl (C=O) groups excluding carboxylic acids is 1. The lowest BCUT2D eigenvalue weighted by Crippen LogP contribution is -2.53. The molecule has 1 aliphatic rings. The highest BCUT2D eigenvalue weighted by Gasteiger charge is 2.35. The highest BCUT2D eigenvalue weighted by atomic mass is 35.5. The molecule has 2 aromatic rings. The lowest BCUT2D eigenvalue weighted by molar-refractivity contribution is 0.0533. The number of carbonyl (C=O) groups is 1. The standard InChI is InChI=1S/C17H21N3O2.2ClH/c1-17(2)10-20(8-7-15(17)18)16(21)13-5-3-12(4-6-13)14-9-19-11-22-14;;/h3-6,9,11,15H,7-8,10,18H2,1-2H3;2*1H. The Balaban J connectivity index is 0.00000144. The van der Waals surface area contributed by atoms with E-state index in [0.717, 1.165) is 12.0 Å². The summed E-state index contributed by atoms with van der Waals surface area (Å²) >= 11 is 0. The van der Waals surface area contributed by atoms with E-state index in [4.69, 9.17) is 10.2 Å². The number of hydrogen-bond donors (Lipinski definition) is 1. The molecule has 0 spiro atoms. The van der Waals surface area contributed by atoms with E-state index in [9.17, 15) is 4.79 Å². The maximum absolute atomic E-state index is 12.6. The van der Waals surface area contributed by atoms with Crippen molar-refractivity contribution in [2.24, 2.45) is 11.1 Å². The first-order chi connectivity index (χ1) is 10.5. The average molecular weight is 372 g/mol. The van der Waals surface area contributed by atoms with Gasteiger partial charge in [-0.3, -0.25) is 4.79 Å². The lowest BCUT2D eigenvalue weighted by atomic mass is 9.79. The number of likely N-dealkylation sites (tertiary alicyclic amines) is 1. The van der Waals surface area contributed by atoms with Gasteiger partial charge in [0, 0.05) is 30.3 Å². The second-order valence-corrected chi connectivity index (χ2v) is 6.55. The summed E-state index contributed by atoms with van der Waals surface area (Å²) < 4.78 is 5.25. The highest BCUT2D eigenvalue weighted by Crippen LogP contribution is 2.29. The number of oxazole rings is 1. The average Bonchev–Trinajstić information content (AvgIpc) is 3.04. The van der Waals surface area contributed by atoms with Gasteiger partial charge in [0.05, 0.1) is 6.20 Å². The molecule has 1 aromatic heterocycles. The third kappa shape index (κ3) is 4.09. The van der Waals surface area contributed by atoms with Gasteiger partial charge in [-0.2, -0.15) is 0 Å². The molecule has 1 unspecified atom stereocenters. The number of nitrogens with zero attached hydrogens (tertiary/aromatic N) is 2. The second-order valence-electron chi connectivity index (χ2n) is 6.55. The van der Waals surface area contributed by atoms with E-state index in [1.807, 2.05) is 29.2 Å². The van der Waals surface area contributed by atoms with Crippen molar-refractivity contribution in [2.45, 2.75) is 26.3 Å². The van der Waals surface area contributed by atoms with E-state index in [0.29, 0.717) is 24.4 Å². The van der Waals surface area contributed by atoms with Gasteiger partial charge in [-0.05, 0) is 24.0 Å². The van der Waals surface area contributed by atoms with Crippen molar-refractivity contribution in [3.8, 4) is 11.3 Å². The molecule has 0 bridgehead atoms. The topological polar surface area (TPSA) is 72.4 Å². The number of nitrogens with two attached hydrogens (primary N) is 1. The summed E-state index contributed by atoms with van der Waals surface area (Å²) in [6.07, 6.45) is 3.90. The fourth-order valence-corrected chi connectivity index (χ4v) is 2.87. The Hall–Kier alpha value is -1.56. The molecule has 1 saturated heterocycles. The maximum Gasteiger partial charge on any atom is 0.253 e. The van der Waals surface area contributed by atoms with Crippen molar-refractivity contribution in [1.29, 1.82) is 0 Å². The van der Waals surface area contributed by atoms with Crippen molar-refractivity contribution >= 4 is 30.7 Å². The summed E-state index contributed by atoms with van der Waals surface area (Å²) in [4.78, 5) is 18.4. The van der Waals surface area contributed by atoms with E-state index in [2.05, 4.69) is 18.8 Å². The fraction of sp³-hybridized carbons (Fsp3) is 0.412. The van der Waals surface area contributed by atoms with Gasteiger partial charge in [-0.25, -0.2) is 4.98 Å². The monoisotopic (exact) mass is 371 g/mol. The molecule has 3 rings (SSSR count). The van der Waals surface area contributed by atoms with Crippen LogP contribution in [0.3, 0.4) is 0 Å². The zero-order chi connectivity index (χ0) is 15.7. The van der Waals surface area contributed by atoms with Gasteiger partial charge in [-0.15, -0.1) is 24.8 Å². The Labute approximate surface area is 154 Å². The lowest BCUT2D eigenvalue weighted by Gasteiger charge is -2.42. The van der Waals surface area contributed by atoms with Crippen LogP contribution in [0.25, 0.3) is 11.3 Å². The van der Waals surface area contributed by atoms with E-state index in [-0.39, 0.29) is 42.2 Å². The zero-order valence-electron chi connectivity index (χ0n) is 13.8. The van der Waals surface area contributed by atoms with E-state index >= 15 is 0 Å². The number of piperidine rings is 1. The van der Waals surface area contributed by atoms with Crippen LogP contribution in [0.4, 0.5) is 0 Å². The molecule has 1 atom stereocenters. The molecule has 0 radical (unpaired) electrons. The number of benzene rings is 1. The van der Waals surface area contributed by atoms with Crippen LogP contribution in [-0.4, -0.2) is 34.9 Å². The smallest absolute Gasteiger partial charge is 0.253 e. The molecule has 1 aliphatic heterocycles. The van der Waals surface area contributed by atoms with Crippen LogP contribution < -0.4 is 5.73 Å². The van der Waals surface area contributed by atoms with Gasteiger partial charge in [0.25, 0.3) is 5.91 Å². The van der Waals surface area contributed by atoms with Crippen molar-refractivity contribution < 1.29 is 9.21 Å². The Kier molecular flexibility index (Phi) is 6.84. The Bertz CT molecular complexity index is 657.